The fourth-order valence-corrected chi connectivity index (χ4v) is 6.54. The van der Waals surface area contributed by atoms with Gasteiger partial charge < -0.3 is 16.2 Å². The molecule has 1 heterocycles. The Hall–Kier alpha value is -5.63. The summed E-state index contributed by atoms with van der Waals surface area (Å²) in [4.78, 5) is 4.74. The van der Waals surface area contributed by atoms with Crippen molar-refractivity contribution in [2.75, 3.05) is 17.7 Å². The molecule has 5 aromatic rings. The summed E-state index contributed by atoms with van der Waals surface area (Å²) >= 11 is 0. The number of aromatic nitrogens is 2. The van der Waals surface area contributed by atoms with E-state index in [1.54, 1.807) is 31.2 Å². The number of fused-ring (bicyclic) bond motifs is 1. The van der Waals surface area contributed by atoms with Crippen LogP contribution in [0.5, 0.6) is 5.75 Å². The summed E-state index contributed by atoms with van der Waals surface area (Å²) in [5.41, 5.74) is 5.93. The van der Waals surface area contributed by atoms with Gasteiger partial charge in [0.2, 0.25) is 5.82 Å². The van der Waals surface area contributed by atoms with Crippen molar-refractivity contribution in [2.45, 2.75) is 29.6 Å². The second-order valence-electron chi connectivity index (χ2n) is 11.1. The van der Waals surface area contributed by atoms with Gasteiger partial charge in [-0.05, 0) is 78.7 Å². The number of hydrogen-bond donors (Lipinski definition) is 6. The molecular formula is C30H26F2N8O11S3. The summed E-state index contributed by atoms with van der Waals surface area (Å²) in [5.74, 6) is -4.59. The third-order valence-corrected chi connectivity index (χ3v) is 9.60. The van der Waals surface area contributed by atoms with E-state index in [-0.39, 0.29) is 40.9 Å². The van der Waals surface area contributed by atoms with Crippen LogP contribution in [-0.2, 0) is 41.2 Å². The highest BCUT2D eigenvalue weighted by atomic mass is 32.3. The van der Waals surface area contributed by atoms with E-state index in [0.29, 0.717) is 24.0 Å². The second kappa shape index (κ2) is 15.4. The first-order valence-corrected chi connectivity index (χ1v) is 19.1. The van der Waals surface area contributed by atoms with Crippen molar-refractivity contribution >= 4 is 81.3 Å². The lowest BCUT2D eigenvalue weighted by molar-refractivity contribution is 0.265. The minimum absolute atomic E-state index is 0.000660. The van der Waals surface area contributed by atoms with Crippen LogP contribution in [0.1, 0.15) is 17.5 Å². The van der Waals surface area contributed by atoms with Gasteiger partial charge in [0, 0.05) is 5.69 Å². The topological polar surface area (TPSA) is 306 Å². The number of nitrogens with one attached hydrogen (secondary N) is 1. The van der Waals surface area contributed by atoms with Gasteiger partial charge in [-0.1, -0.05) is 12.1 Å². The van der Waals surface area contributed by atoms with E-state index in [1.807, 2.05) is 0 Å². The van der Waals surface area contributed by atoms with Crippen LogP contribution in [0.25, 0.3) is 10.8 Å². The fraction of sp³-hybridized carbons (Fsp3) is 0.133. The van der Waals surface area contributed by atoms with Crippen LogP contribution in [-0.4, -0.2) is 60.6 Å². The predicted octanol–water partition coefficient (Wildman–Crippen LogP) is 6.32. The van der Waals surface area contributed by atoms with Crippen LogP contribution < -0.4 is 11.1 Å². The Morgan fingerprint density at radius 2 is 1.50 bits per heavy atom. The number of azo groups is 2. The molecule has 24 heteroatoms. The normalized spacial score (nSPS) is 12.6. The van der Waals surface area contributed by atoms with Crippen LogP contribution in [0, 0.1) is 18.7 Å². The SMILES string of the molecule is Cc1cc2cc(S(=O)(=O)O)c(N=Nc3cc(Nc4ncnc(F)c4F)ccc3S(=O)(=O)O)c(O)c2c(N)c1N=Nc1ccc(CCCOS(=O)(=O)O)cc1. The zero-order chi connectivity index (χ0) is 39.6. The molecule has 0 aliphatic heterocycles. The van der Waals surface area contributed by atoms with Crippen molar-refractivity contribution in [1.29, 1.82) is 0 Å². The molecule has 0 saturated heterocycles. The molecule has 54 heavy (non-hydrogen) atoms. The summed E-state index contributed by atoms with van der Waals surface area (Å²) in [5, 5.41) is 29.2. The van der Waals surface area contributed by atoms with Gasteiger partial charge >= 0.3 is 10.4 Å². The van der Waals surface area contributed by atoms with Gasteiger partial charge in [-0.2, -0.15) is 39.1 Å². The number of phenolic OH excluding ortho intramolecular Hbond substituents is 1. The van der Waals surface area contributed by atoms with Crippen LogP contribution in [0.3, 0.4) is 0 Å². The largest absolute Gasteiger partial charge is 0.505 e. The Labute approximate surface area is 304 Å². The van der Waals surface area contributed by atoms with Gasteiger partial charge in [-0.15, -0.1) is 15.3 Å². The first-order chi connectivity index (χ1) is 25.2. The zero-order valence-electron chi connectivity index (χ0n) is 27.3. The Kier molecular flexibility index (Phi) is 11.3. The van der Waals surface area contributed by atoms with Crippen molar-refractivity contribution in [3.8, 4) is 5.75 Å². The maximum Gasteiger partial charge on any atom is 0.397 e. The number of phenols is 1. The molecule has 284 valence electrons. The Balaban J connectivity index is 1.54. The molecule has 0 atom stereocenters. The maximum atomic E-state index is 14.2. The molecule has 19 nitrogen and oxygen atoms in total. The van der Waals surface area contributed by atoms with Crippen LogP contribution in [0.15, 0.2) is 91.2 Å². The molecule has 0 aliphatic carbocycles. The van der Waals surface area contributed by atoms with Gasteiger partial charge in [-0.25, -0.2) is 14.2 Å². The van der Waals surface area contributed by atoms with Gasteiger partial charge in [0.25, 0.3) is 26.2 Å². The average Bonchev–Trinajstić information content (AvgIpc) is 3.07. The lowest BCUT2D eigenvalue weighted by Gasteiger charge is -2.14. The molecule has 0 radical (unpaired) electrons. The lowest BCUT2D eigenvalue weighted by atomic mass is 10.0. The number of nitrogens with two attached hydrogens (primary N) is 1. The molecule has 0 aliphatic rings. The van der Waals surface area contributed by atoms with Crippen molar-refractivity contribution in [1.82, 2.24) is 9.97 Å². The molecule has 0 unspecified atom stereocenters. The monoisotopic (exact) mass is 808 g/mol. The Bertz CT molecular complexity index is 2680. The number of halogens is 2. The van der Waals surface area contributed by atoms with Crippen LogP contribution in [0.2, 0.25) is 0 Å². The van der Waals surface area contributed by atoms with E-state index in [2.05, 4.69) is 39.9 Å². The van der Waals surface area contributed by atoms with Gasteiger partial charge in [0.15, 0.2) is 11.6 Å². The molecule has 0 saturated carbocycles. The molecule has 4 aromatic carbocycles. The molecule has 0 amide bonds. The zero-order valence-corrected chi connectivity index (χ0v) is 29.7. The number of nitrogen functional groups attached to an aromatic ring is 1. The summed E-state index contributed by atoms with van der Waals surface area (Å²) in [6.45, 7) is 1.33. The number of rotatable bonds is 13. The minimum atomic E-state index is -5.16. The molecule has 0 fully saturated rings. The number of aromatic hydroxyl groups is 1. The highest BCUT2D eigenvalue weighted by Gasteiger charge is 2.25. The number of nitrogens with zero attached hydrogens (tertiary/aromatic N) is 6. The predicted molar refractivity (Wildman–Crippen MR) is 187 cm³/mol. The van der Waals surface area contributed by atoms with E-state index in [1.165, 1.54) is 6.07 Å². The van der Waals surface area contributed by atoms with Crippen molar-refractivity contribution in [2.24, 2.45) is 20.5 Å². The maximum absolute atomic E-state index is 14.2. The van der Waals surface area contributed by atoms with E-state index < -0.39 is 75.1 Å². The Morgan fingerprint density at radius 3 is 2.15 bits per heavy atom. The minimum Gasteiger partial charge on any atom is -0.505 e. The summed E-state index contributed by atoms with van der Waals surface area (Å²) in [6, 6.07) is 11.6. The Morgan fingerprint density at radius 1 is 0.833 bits per heavy atom. The molecule has 5 rings (SSSR count). The fourth-order valence-electron chi connectivity index (χ4n) is 4.95. The van der Waals surface area contributed by atoms with Crippen molar-refractivity contribution < 1.29 is 57.0 Å². The smallest absolute Gasteiger partial charge is 0.397 e. The molecule has 0 spiro atoms. The van der Waals surface area contributed by atoms with E-state index in [0.717, 1.165) is 29.8 Å². The first kappa shape index (κ1) is 39.6. The van der Waals surface area contributed by atoms with Crippen molar-refractivity contribution in [3.63, 3.8) is 0 Å². The number of anilines is 3. The average molecular weight is 809 g/mol. The van der Waals surface area contributed by atoms with Gasteiger partial charge in [-0.3, -0.25) is 13.7 Å². The number of aryl methyl sites for hydroxylation is 2. The third-order valence-electron chi connectivity index (χ3n) is 7.37. The number of hydrogen-bond acceptors (Lipinski definition) is 16. The summed E-state index contributed by atoms with van der Waals surface area (Å²) in [7, 11) is -14.7. The highest BCUT2D eigenvalue weighted by molar-refractivity contribution is 7.86. The number of benzene rings is 4. The van der Waals surface area contributed by atoms with Gasteiger partial charge in [0.05, 0.1) is 23.4 Å². The van der Waals surface area contributed by atoms with Gasteiger partial charge in [0.1, 0.15) is 33.2 Å². The quantitative estimate of drug-likeness (QED) is 0.0249. The second-order valence-corrected chi connectivity index (χ2v) is 15.0. The van der Waals surface area contributed by atoms with Crippen LogP contribution in [0.4, 0.5) is 48.7 Å². The molecule has 7 N–H and O–H groups in total. The van der Waals surface area contributed by atoms with E-state index in [4.69, 9.17) is 10.3 Å². The summed E-state index contributed by atoms with van der Waals surface area (Å²) < 4.78 is 131. The van der Waals surface area contributed by atoms with E-state index >= 15 is 0 Å². The lowest BCUT2D eigenvalue weighted by Crippen LogP contribution is -2.05. The van der Waals surface area contributed by atoms with E-state index in [9.17, 15) is 48.2 Å². The molecule has 0 bridgehead atoms. The first-order valence-electron chi connectivity index (χ1n) is 14.9. The van der Waals surface area contributed by atoms with Crippen molar-refractivity contribution in [3.05, 3.63) is 83.8 Å². The molecule has 1 aromatic heterocycles. The summed E-state index contributed by atoms with van der Waals surface area (Å²) in [6.07, 6.45) is 1.40. The highest BCUT2D eigenvalue weighted by Crippen LogP contribution is 2.47. The van der Waals surface area contributed by atoms with Crippen LogP contribution >= 0.6 is 0 Å². The third kappa shape index (κ3) is 9.29. The standard InChI is InChI=1S/C30H26F2N8O11S3/c1-15-11-17-12-22(53(45,46)47)27(40-38-20-13-19(8-9-21(20)52(42,43)44)36-30-24(31)29(32)34-14-35-30)28(41)23(17)25(33)26(15)39-37-18-6-4-16(5-7-18)3-2-10-51-54(48,49)50/h4-9,11-14,41H,2-3,10,33H2,1H3,(H,34,35,36)(H,42,43,44)(H,45,46,47)(H,48,49,50). The molecular weight excluding hydrogens is 783 g/mol.